The van der Waals surface area contributed by atoms with Gasteiger partial charge in [-0.1, -0.05) is 0 Å². The number of hydrogen-bond acceptors (Lipinski definition) is 6. The summed E-state index contributed by atoms with van der Waals surface area (Å²) in [5, 5.41) is 11.0. The van der Waals surface area contributed by atoms with E-state index in [2.05, 4.69) is 9.40 Å². The predicted molar refractivity (Wildman–Crippen MR) is 59.4 cm³/mol. The van der Waals surface area contributed by atoms with Crippen molar-refractivity contribution in [2.24, 2.45) is 0 Å². The molecule has 0 bridgehead atoms. The van der Waals surface area contributed by atoms with Gasteiger partial charge in [0.1, 0.15) is 5.56 Å². The first kappa shape index (κ1) is 11.8. The van der Waals surface area contributed by atoms with Gasteiger partial charge < -0.3 is 9.15 Å². The molecule has 8 nitrogen and oxygen atoms in total. The van der Waals surface area contributed by atoms with Gasteiger partial charge >= 0.3 is 17.4 Å². The molecule has 2 rings (SSSR count). The number of oxazole rings is 1. The van der Waals surface area contributed by atoms with E-state index in [0.717, 1.165) is 0 Å². The minimum atomic E-state index is -0.826. The number of ether oxygens (including phenoxy) is 1. The highest BCUT2D eigenvalue weighted by Gasteiger charge is 2.26. The lowest BCUT2D eigenvalue weighted by atomic mass is 10.1. The third-order valence-electron chi connectivity index (χ3n) is 2.25. The summed E-state index contributed by atoms with van der Waals surface area (Å²) >= 11 is 0. The van der Waals surface area contributed by atoms with Crippen LogP contribution in [-0.2, 0) is 4.74 Å². The van der Waals surface area contributed by atoms with Gasteiger partial charge in [-0.25, -0.2) is 9.59 Å². The zero-order chi connectivity index (χ0) is 13.3. The van der Waals surface area contributed by atoms with Gasteiger partial charge in [0.2, 0.25) is 0 Å². The number of carbonyl (C=O) groups is 1. The van der Waals surface area contributed by atoms with Crippen molar-refractivity contribution in [1.29, 1.82) is 0 Å². The fraction of sp³-hybridized carbons (Fsp3) is 0.200. The van der Waals surface area contributed by atoms with Crippen LogP contribution in [0.1, 0.15) is 17.3 Å². The van der Waals surface area contributed by atoms with Crippen molar-refractivity contribution in [3.63, 3.8) is 0 Å². The second-order valence-electron chi connectivity index (χ2n) is 3.33. The number of carbonyl (C=O) groups excluding carboxylic acids is 1. The molecule has 0 aliphatic heterocycles. The zero-order valence-electron chi connectivity index (χ0n) is 9.26. The summed E-state index contributed by atoms with van der Waals surface area (Å²) in [4.78, 5) is 35.0. The number of nitro groups is 1. The summed E-state index contributed by atoms with van der Waals surface area (Å²) in [5.74, 6) is -1.65. The minimum Gasteiger partial charge on any atom is -0.462 e. The molecule has 0 saturated heterocycles. The lowest BCUT2D eigenvalue weighted by molar-refractivity contribution is -0.383. The number of hydrogen-bond donors (Lipinski definition) is 1. The third kappa shape index (κ3) is 1.83. The van der Waals surface area contributed by atoms with Crippen LogP contribution in [0.15, 0.2) is 21.3 Å². The van der Waals surface area contributed by atoms with E-state index in [-0.39, 0.29) is 23.3 Å². The largest absolute Gasteiger partial charge is 0.462 e. The number of nitro benzene ring substituents is 1. The molecular weight excluding hydrogens is 244 g/mol. The van der Waals surface area contributed by atoms with E-state index < -0.39 is 22.3 Å². The second kappa shape index (κ2) is 4.32. The molecule has 0 aliphatic carbocycles. The van der Waals surface area contributed by atoms with Crippen LogP contribution in [-0.4, -0.2) is 22.5 Å². The van der Waals surface area contributed by atoms with Crippen LogP contribution < -0.4 is 5.76 Å². The van der Waals surface area contributed by atoms with Crippen molar-refractivity contribution in [2.45, 2.75) is 6.92 Å². The predicted octanol–water partition coefficient (Wildman–Crippen LogP) is 1.21. The molecule has 1 aromatic heterocycles. The summed E-state index contributed by atoms with van der Waals surface area (Å²) in [7, 11) is 0. The molecule has 0 aliphatic rings. The maximum Gasteiger partial charge on any atom is 0.417 e. The van der Waals surface area contributed by atoms with E-state index in [1.807, 2.05) is 0 Å². The molecule has 2 aromatic rings. The summed E-state index contributed by atoms with van der Waals surface area (Å²) in [5.41, 5.74) is -0.876. The van der Waals surface area contributed by atoms with Crippen molar-refractivity contribution < 1.29 is 18.9 Å². The molecule has 0 spiro atoms. The maximum atomic E-state index is 11.6. The Labute approximate surface area is 99.3 Å². The highest BCUT2D eigenvalue weighted by molar-refractivity contribution is 6.01. The minimum absolute atomic E-state index is 0.0137. The Kier molecular flexibility index (Phi) is 2.84. The van der Waals surface area contributed by atoms with Crippen LogP contribution in [0.3, 0.4) is 0 Å². The average molecular weight is 252 g/mol. The first-order valence-electron chi connectivity index (χ1n) is 5.02. The van der Waals surface area contributed by atoms with Crippen LogP contribution >= 0.6 is 0 Å². The zero-order valence-corrected chi connectivity index (χ0v) is 9.26. The van der Waals surface area contributed by atoms with Crippen molar-refractivity contribution in [3.8, 4) is 0 Å². The summed E-state index contributed by atoms with van der Waals surface area (Å²) in [6.45, 7) is 1.68. The number of aromatic amines is 1. The number of aromatic nitrogens is 1. The number of fused-ring (bicyclic) bond motifs is 1. The molecule has 1 N–H and O–H groups in total. The van der Waals surface area contributed by atoms with Crippen LogP contribution in [0, 0.1) is 10.1 Å². The number of nitrogens with one attached hydrogen (secondary N) is 1. The first-order chi connectivity index (χ1) is 8.54. The van der Waals surface area contributed by atoms with Gasteiger partial charge in [-0.3, -0.25) is 15.1 Å². The molecule has 0 saturated carbocycles. The molecule has 0 radical (unpaired) electrons. The second-order valence-corrected chi connectivity index (χ2v) is 3.33. The fourth-order valence-corrected chi connectivity index (χ4v) is 1.57. The van der Waals surface area contributed by atoms with Gasteiger partial charge in [0.05, 0.1) is 11.5 Å². The molecule has 8 heteroatoms. The summed E-state index contributed by atoms with van der Waals surface area (Å²) < 4.78 is 9.39. The quantitative estimate of drug-likeness (QED) is 0.498. The normalized spacial score (nSPS) is 10.5. The number of rotatable bonds is 3. The van der Waals surface area contributed by atoms with E-state index in [1.165, 1.54) is 12.1 Å². The lowest BCUT2D eigenvalue weighted by Gasteiger charge is -2.02. The van der Waals surface area contributed by atoms with Crippen LogP contribution in [0.5, 0.6) is 0 Å². The number of H-pyrrole nitrogens is 1. The van der Waals surface area contributed by atoms with Gasteiger partial charge in [-0.15, -0.1) is 0 Å². The van der Waals surface area contributed by atoms with E-state index in [9.17, 15) is 19.7 Å². The molecule has 0 atom stereocenters. The van der Waals surface area contributed by atoms with Crippen molar-refractivity contribution >= 4 is 22.8 Å². The molecule has 0 fully saturated rings. The lowest BCUT2D eigenvalue weighted by Crippen LogP contribution is -2.08. The van der Waals surface area contributed by atoms with Crippen LogP contribution in [0.2, 0.25) is 0 Å². The topological polar surface area (TPSA) is 115 Å². The van der Waals surface area contributed by atoms with Gasteiger partial charge in [-0.2, -0.15) is 0 Å². The third-order valence-corrected chi connectivity index (χ3v) is 2.25. The van der Waals surface area contributed by atoms with Crippen molar-refractivity contribution in [1.82, 2.24) is 4.98 Å². The van der Waals surface area contributed by atoms with Gasteiger partial charge in [0.15, 0.2) is 11.1 Å². The van der Waals surface area contributed by atoms with Crippen molar-refractivity contribution in [2.75, 3.05) is 6.61 Å². The van der Waals surface area contributed by atoms with Gasteiger partial charge in [-0.05, 0) is 19.1 Å². The monoisotopic (exact) mass is 252 g/mol. The molecule has 18 heavy (non-hydrogen) atoms. The highest BCUT2D eigenvalue weighted by Crippen LogP contribution is 2.27. The van der Waals surface area contributed by atoms with E-state index in [0.29, 0.717) is 0 Å². The fourth-order valence-electron chi connectivity index (χ4n) is 1.57. The first-order valence-corrected chi connectivity index (χ1v) is 5.02. The van der Waals surface area contributed by atoms with E-state index in [4.69, 9.17) is 4.74 Å². The summed E-state index contributed by atoms with van der Waals surface area (Å²) in [6.07, 6.45) is 0. The highest BCUT2D eigenvalue weighted by atomic mass is 16.6. The molecule has 1 aromatic carbocycles. The van der Waals surface area contributed by atoms with Gasteiger partial charge in [0, 0.05) is 0 Å². The Hall–Kier alpha value is -2.64. The SMILES string of the molecule is CCOC(=O)c1ccc2oc(=O)[nH]c2c1[N+](=O)[O-]. The Balaban J connectivity index is 2.74. The van der Waals surface area contributed by atoms with Crippen LogP contribution in [0.4, 0.5) is 5.69 Å². The Morgan fingerprint density at radius 3 is 2.89 bits per heavy atom. The van der Waals surface area contributed by atoms with Crippen LogP contribution in [0.25, 0.3) is 11.1 Å². The molecule has 94 valence electrons. The number of benzene rings is 1. The molecule has 0 unspecified atom stereocenters. The van der Waals surface area contributed by atoms with E-state index >= 15 is 0 Å². The maximum absolute atomic E-state index is 11.6. The number of nitrogens with zero attached hydrogens (tertiary/aromatic N) is 1. The van der Waals surface area contributed by atoms with Crippen molar-refractivity contribution in [3.05, 3.63) is 38.4 Å². The average Bonchev–Trinajstić information content (AvgIpc) is 2.67. The standard InChI is InChI=1S/C10H8N2O6/c1-2-17-9(13)5-3-4-6-7(8(5)12(15)16)11-10(14)18-6/h3-4H,2H2,1H3,(H,11,14). The Morgan fingerprint density at radius 2 is 2.28 bits per heavy atom. The summed E-state index contributed by atoms with van der Waals surface area (Å²) in [6, 6.07) is 2.49. The van der Waals surface area contributed by atoms with E-state index in [1.54, 1.807) is 6.92 Å². The molecular formula is C10H8N2O6. The van der Waals surface area contributed by atoms with Gasteiger partial charge in [0.25, 0.3) is 0 Å². The molecule has 0 amide bonds. The Bertz CT molecular complexity index is 683. The molecule has 1 heterocycles. The Morgan fingerprint density at radius 1 is 1.56 bits per heavy atom. The number of esters is 1. The smallest absolute Gasteiger partial charge is 0.417 e.